The molecule has 7 heteroatoms. The summed E-state index contributed by atoms with van der Waals surface area (Å²) in [5.74, 6) is 0. The molecule has 0 aliphatic carbocycles. The second-order valence-corrected chi connectivity index (χ2v) is 6.71. The van der Waals surface area contributed by atoms with E-state index in [-0.39, 0.29) is 4.90 Å². The van der Waals surface area contributed by atoms with Crippen molar-refractivity contribution in [2.45, 2.75) is 18.7 Å². The zero-order valence-corrected chi connectivity index (χ0v) is 12.5. The Morgan fingerprint density at radius 3 is 2.79 bits per heavy atom. The molecule has 1 aromatic heterocycles. The molecular weight excluding hydrogens is 282 g/mol. The van der Waals surface area contributed by atoms with Gasteiger partial charge in [0.1, 0.15) is 15.9 Å². The summed E-state index contributed by atoms with van der Waals surface area (Å²) in [4.78, 5) is 0.210. The van der Waals surface area contributed by atoms with E-state index in [1.165, 1.54) is 4.31 Å². The van der Waals surface area contributed by atoms with Gasteiger partial charge in [0.15, 0.2) is 0 Å². The second-order valence-electron chi connectivity index (χ2n) is 4.28. The van der Waals surface area contributed by atoms with Gasteiger partial charge in [-0.1, -0.05) is 25.1 Å². The quantitative estimate of drug-likeness (QED) is 0.794. The minimum Gasteiger partial charge on any atom is -0.207 e. The monoisotopic (exact) mass is 297 g/mol. The Labute approximate surface area is 116 Å². The molecule has 0 spiro atoms. The number of sulfonamides is 1. The van der Waals surface area contributed by atoms with Crippen LogP contribution >= 0.6 is 11.7 Å². The van der Waals surface area contributed by atoms with Crippen molar-refractivity contribution in [2.75, 3.05) is 13.1 Å². The van der Waals surface area contributed by atoms with Crippen LogP contribution in [0.3, 0.4) is 0 Å². The highest BCUT2D eigenvalue weighted by atomic mass is 32.2. The second kappa shape index (κ2) is 5.36. The largest absolute Gasteiger partial charge is 0.245 e. The molecule has 0 fully saturated rings. The van der Waals surface area contributed by atoms with Gasteiger partial charge in [0.25, 0.3) is 0 Å². The molecule has 2 rings (SSSR count). The number of hydrogen-bond donors (Lipinski definition) is 0. The van der Waals surface area contributed by atoms with Crippen molar-refractivity contribution in [1.29, 1.82) is 0 Å². The standard InChI is InChI=1S/C12H15N3O2S2/c1-4-15(8-9(2)3)19(16,17)11-7-5-6-10-12(11)14-18-13-10/h5-7H,2,4,8H2,1,3H3. The number of likely N-dealkylation sites (N-methyl/N-ethyl adjacent to an activating group) is 1. The van der Waals surface area contributed by atoms with E-state index >= 15 is 0 Å². The molecular formula is C12H15N3O2S2. The highest BCUT2D eigenvalue weighted by Gasteiger charge is 2.26. The number of rotatable bonds is 5. The Morgan fingerprint density at radius 1 is 1.42 bits per heavy atom. The molecule has 0 radical (unpaired) electrons. The first-order valence-corrected chi connectivity index (χ1v) is 7.99. The van der Waals surface area contributed by atoms with Crippen molar-refractivity contribution < 1.29 is 8.42 Å². The van der Waals surface area contributed by atoms with Gasteiger partial charge in [-0.05, 0) is 19.1 Å². The summed E-state index contributed by atoms with van der Waals surface area (Å²) in [6.45, 7) is 8.09. The maximum absolute atomic E-state index is 12.6. The molecule has 5 nitrogen and oxygen atoms in total. The van der Waals surface area contributed by atoms with Gasteiger partial charge in [0, 0.05) is 13.1 Å². The molecule has 0 N–H and O–H groups in total. The molecule has 2 aromatic rings. The lowest BCUT2D eigenvalue weighted by atomic mass is 10.3. The third kappa shape index (κ3) is 2.68. The van der Waals surface area contributed by atoms with Crippen LogP contribution in [0.2, 0.25) is 0 Å². The van der Waals surface area contributed by atoms with E-state index in [2.05, 4.69) is 15.3 Å². The van der Waals surface area contributed by atoms with Crippen LogP contribution in [0.1, 0.15) is 13.8 Å². The number of fused-ring (bicyclic) bond motifs is 1. The smallest absolute Gasteiger partial charge is 0.207 e. The van der Waals surface area contributed by atoms with Crippen LogP contribution < -0.4 is 0 Å². The van der Waals surface area contributed by atoms with Crippen LogP contribution in [0.5, 0.6) is 0 Å². The number of nitrogens with zero attached hydrogens (tertiary/aromatic N) is 3. The van der Waals surface area contributed by atoms with Gasteiger partial charge in [-0.15, -0.1) is 0 Å². The SMILES string of the molecule is C=C(C)CN(CC)S(=O)(=O)c1cccc2nsnc12. The van der Waals surface area contributed by atoms with E-state index in [0.717, 1.165) is 17.3 Å². The third-order valence-corrected chi connectivity index (χ3v) is 5.16. The Hall–Kier alpha value is -1.31. The Kier molecular flexibility index (Phi) is 3.98. The lowest BCUT2D eigenvalue weighted by molar-refractivity contribution is 0.453. The van der Waals surface area contributed by atoms with Gasteiger partial charge < -0.3 is 0 Å². The van der Waals surface area contributed by atoms with Gasteiger partial charge in [0.05, 0.1) is 11.7 Å². The molecule has 0 saturated carbocycles. The molecule has 0 saturated heterocycles. The third-order valence-electron chi connectivity index (χ3n) is 2.67. The number of aromatic nitrogens is 2. The molecule has 0 atom stereocenters. The average molecular weight is 297 g/mol. The predicted octanol–water partition coefficient (Wildman–Crippen LogP) is 2.28. The van der Waals surface area contributed by atoms with E-state index in [1.54, 1.807) is 25.1 Å². The summed E-state index contributed by atoms with van der Waals surface area (Å²) in [5.41, 5.74) is 1.85. The summed E-state index contributed by atoms with van der Waals surface area (Å²) in [5, 5.41) is 0. The van der Waals surface area contributed by atoms with E-state index in [4.69, 9.17) is 0 Å². The molecule has 0 unspecified atom stereocenters. The van der Waals surface area contributed by atoms with Gasteiger partial charge in [0.2, 0.25) is 10.0 Å². The lowest BCUT2D eigenvalue weighted by Gasteiger charge is -2.20. The number of benzene rings is 1. The Balaban J connectivity index is 2.54. The normalized spacial score (nSPS) is 12.2. The molecule has 0 aliphatic heterocycles. The van der Waals surface area contributed by atoms with E-state index in [9.17, 15) is 8.42 Å². The van der Waals surface area contributed by atoms with Gasteiger partial charge in [-0.2, -0.15) is 13.1 Å². The fraction of sp³-hybridized carbons (Fsp3) is 0.333. The lowest BCUT2D eigenvalue weighted by Crippen LogP contribution is -2.32. The van der Waals surface area contributed by atoms with Crippen LogP contribution in [0.4, 0.5) is 0 Å². The van der Waals surface area contributed by atoms with Crippen LogP contribution in [-0.4, -0.2) is 34.6 Å². The van der Waals surface area contributed by atoms with Gasteiger partial charge in [-0.3, -0.25) is 0 Å². The van der Waals surface area contributed by atoms with Crippen molar-refractivity contribution in [2.24, 2.45) is 0 Å². The zero-order valence-electron chi connectivity index (χ0n) is 10.8. The summed E-state index contributed by atoms with van der Waals surface area (Å²) in [6.07, 6.45) is 0. The number of hydrogen-bond acceptors (Lipinski definition) is 5. The molecule has 0 bridgehead atoms. The fourth-order valence-corrected chi connectivity index (χ4v) is 4.06. The summed E-state index contributed by atoms with van der Waals surface area (Å²) >= 11 is 1.02. The van der Waals surface area contributed by atoms with E-state index < -0.39 is 10.0 Å². The van der Waals surface area contributed by atoms with Crippen molar-refractivity contribution >= 4 is 32.8 Å². The first-order valence-electron chi connectivity index (χ1n) is 5.82. The van der Waals surface area contributed by atoms with Crippen molar-refractivity contribution in [3.05, 3.63) is 30.4 Å². The molecule has 0 amide bonds. The minimum absolute atomic E-state index is 0.210. The zero-order chi connectivity index (χ0) is 14.0. The first kappa shape index (κ1) is 14.1. The van der Waals surface area contributed by atoms with E-state index in [0.29, 0.717) is 24.1 Å². The average Bonchev–Trinajstić information content (AvgIpc) is 2.83. The molecule has 1 heterocycles. The van der Waals surface area contributed by atoms with Crippen LogP contribution in [0.25, 0.3) is 11.0 Å². The topological polar surface area (TPSA) is 63.2 Å². The Bertz CT molecular complexity index is 707. The minimum atomic E-state index is -3.57. The van der Waals surface area contributed by atoms with E-state index in [1.807, 2.05) is 6.92 Å². The maximum atomic E-state index is 12.6. The van der Waals surface area contributed by atoms with Gasteiger partial charge >= 0.3 is 0 Å². The summed E-state index contributed by atoms with van der Waals surface area (Å²) in [7, 11) is -3.57. The summed E-state index contributed by atoms with van der Waals surface area (Å²) in [6, 6.07) is 5.01. The molecule has 19 heavy (non-hydrogen) atoms. The molecule has 102 valence electrons. The van der Waals surface area contributed by atoms with Crippen molar-refractivity contribution in [3.8, 4) is 0 Å². The van der Waals surface area contributed by atoms with Crippen LogP contribution in [0.15, 0.2) is 35.2 Å². The molecule has 0 aliphatic rings. The first-order chi connectivity index (χ1) is 8.96. The van der Waals surface area contributed by atoms with Crippen molar-refractivity contribution in [3.63, 3.8) is 0 Å². The van der Waals surface area contributed by atoms with Crippen molar-refractivity contribution in [1.82, 2.24) is 13.1 Å². The highest BCUT2D eigenvalue weighted by Crippen LogP contribution is 2.24. The molecule has 1 aromatic carbocycles. The highest BCUT2D eigenvalue weighted by molar-refractivity contribution is 7.89. The van der Waals surface area contributed by atoms with Crippen LogP contribution in [0, 0.1) is 0 Å². The maximum Gasteiger partial charge on any atom is 0.245 e. The predicted molar refractivity (Wildman–Crippen MR) is 76.7 cm³/mol. The van der Waals surface area contributed by atoms with Gasteiger partial charge in [-0.25, -0.2) is 8.42 Å². The summed E-state index contributed by atoms with van der Waals surface area (Å²) < 4.78 is 34.8. The van der Waals surface area contributed by atoms with Crippen LogP contribution in [-0.2, 0) is 10.0 Å². The fourth-order valence-electron chi connectivity index (χ4n) is 1.80. The Morgan fingerprint density at radius 2 is 2.16 bits per heavy atom.